The molecule has 0 amide bonds. The van der Waals surface area contributed by atoms with Gasteiger partial charge in [-0.05, 0) is 35.7 Å². The number of hydrogen-bond donors (Lipinski definition) is 1. The number of rotatable bonds is 3. The second kappa shape index (κ2) is 4.31. The summed E-state index contributed by atoms with van der Waals surface area (Å²) in [6.45, 7) is 1.53. The second-order valence-corrected chi connectivity index (χ2v) is 3.74. The summed E-state index contributed by atoms with van der Waals surface area (Å²) in [6.07, 6.45) is 2.38. The molecule has 0 saturated heterocycles. The number of halogens is 1. The van der Waals surface area contributed by atoms with Crippen molar-refractivity contribution in [3.8, 4) is 0 Å². The van der Waals surface area contributed by atoms with E-state index >= 15 is 0 Å². The van der Waals surface area contributed by atoms with Crippen LogP contribution in [0.2, 0.25) is 0 Å². The van der Waals surface area contributed by atoms with Gasteiger partial charge in [0.05, 0.1) is 5.69 Å². The smallest absolute Gasteiger partial charge is 0.176 e. The van der Waals surface area contributed by atoms with Gasteiger partial charge in [0.2, 0.25) is 0 Å². The lowest BCUT2D eigenvalue weighted by atomic mass is 10.0. The number of H-pyrrole nitrogens is 1. The fourth-order valence-corrected chi connectivity index (χ4v) is 1.70. The quantitative estimate of drug-likeness (QED) is 0.788. The average molecular weight is 217 g/mol. The molecule has 82 valence electrons. The molecule has 0 aliphatic rings. The van der Waals surface area contributed by atoms with E-state index in [2.05, 4.69) is 4.98 Å². The number of benzene rings is 1. The molecule has 0 bridgehead atoms. The third kappa shape index (κ3) is 2.19. The summed E-state index contributed by atoms with van der Waals surface area (Å²) in [5.41, 5.74) is 2.56. The minimum absolute atomic E-state index is 0.0158. The summed E-state index contributed by atoms with van der Waals surface area (Å²) in [6, 6.07) is 8.18. The topological polar surface area (TPSA) is 32.9 Å². The van der Waals surface area contributed by atoms with Crippen molar-refractivity contribution in [2.75, 3.05) is 0 Å². The SMILES string of the molecule is CC(=O)c1[nH]ccc1Cc1ccc(F)cc1. The number of Topliss-reactive ketones (excluding diaryl/α,β-unsaturated/α-hetero) is 1. The summed E-state index contributed by atoms with van der Waals surface area (Å²) in [5.74, 6) is -0.230. The van der Waals surface area contributed by atoms with Crippen molar-refractivity contribution in [2.45, 2.75) is 13.3 Å². The van der Waals surface area contributed by atoms with Crippen LogP contribution in [0.25, 0.3) is 0 Å². The number of carbonyl (C=O) groups excluding carboxylic acids is 1. The molecule has 2 rings (SSSR count). The van der Waals surface area contributed by atoms with Crippen LogP contribution in [0.1, 0.15) is 28.5 Å². The maximum atomic E-state index is 12.7. The van der Waals surface area contributed by atoms with E-state index in [1.807, 2.05) is 6.07 Å². The first-order valence-corrected chi connectivity index (χ1v) is 5.08. The highest BCUT2D eigenvalue weighted by molar-refractivity contribution is 5.93. The fraction of sp³-hybridized carbons (Fsp3) is 0.154. The molecular formula is C13H12FNO. The van der Waals surface area contributed by atoms with Crippen molar-refractivity contribution in [2.24, 2.45) is 0 Å². The molecule has 0 unspecified atom stereocenters. The Labute approximate surface area is 93.1 Å². The number of ketones is 1. The van der Waals surface area contributed by atoms with Crippen LogP contribution < -0.4 is 0 Å². The first-order chi connectivity index (χ1) is 7.66. The summed E-state index contributed by atoms with van der Waals surface area (Å²) in [5, 5.41) is 0. The summed E-state index contributed by atoms with van der Waals surface area (Å²) < 4.78 is 12.7. The molecule has 2 aromatic rings. The van der Waals surface area contributed by atoms with Crippen LogP contribution in [-0.4, -0.2) is 10.8 Å². The van der Waals surface area contributed by atoms with Gasteiger partial charge >= 0.3 is 0 Å². The zero-order valence-corrected chi connectivity index (χ0v) is 8.96. The molecule has 0 fully saturated rings. The van der Waals surface area contributed by atoms with Gasteiger partial charge in [-0.3, -0.25) is 4.79 Å². The van der Waals surface area contributed by atoms with Crippen LogP contribution in [0.3, 0.4) is 0 Å². The summed E-state index contributed by atoms with van der Waals surface area (Å²) >= 11 is 0. The lowest BCUT2D eigenvalue weighted by Gasteiger charge is -2.01. The number of carbonyl (C=O) groups is 1. The van der Waals surface area contributed by atoms with E-state index in [4.69, 9.17) is 0 Å². The van der Waals surface area contributed by atoms with Crippen molar-refractivity contribution < 1.29 is 9.18 Å². The molecule has 1 N–H and O–H groups in total. The third-order valence-electron chi connectivity index (χ3n) is 2.49. The van der Waals surface area contributed by atoms with Crippen LogP contribution in [0.5, 0.6) is 0 Å². The van der Waals surface area contributed by atoms with Crippen LogP contribution in [0.15, 0.2) is 36.5 Å². The molecule has 16 heavy (non-hydrogen) atoms. The van der Waals surface area contributed by atoms with Crippen molar-refractivity contribution in [3.05, 3.63) is 59.2 Å². The van der Waals surface area contributed by atoms with E-state index in [0.29, 0.717) is 12.1 Å². The van der Waals surface area contributed by atoms with Crippen molar-refractivity contribution >= 4 is 5.78 Å². The Morgan fingerprint density at radius 3 is 2.56 bits per heavy atom. The molecule has 1 aromatic heterocycles. The van der Waals surface area contributed by atoms with Gasteiger partial charge in [-0.1, -0.05) is 12.1 Å². The minimum Gasteiger partial charge on any atom is -0.359 e. The highest BCUT2D eigenvalue weighted by Gasteiger charge is 2.08. The number of nitrogens with one attached hydrogen (secondary N) is 1. The molecule has 1 aromatic carbocycles. The van der Waals surface area contributed by atoms with E-state index in [0.717, 1.165) is 11.1 Å². The predicted octanol–water partition coefficient (Wildman–Crippen LogP) is 2.95. The largest absolute Gasteiger partial charge is 0.359 e. The van der Waals surface area contributed by atoms with Crippen LogP contribution in [-0.2, 0) is 6.42 Å². The normalized spacial score (nSPS) is 10.4. The predicted molar refractivity (Wildman–Crippen MR) is 60.0 cm³/mol. The van der Waals surface area contributed by atoms with E-state index in [-0.39, 0.29) is 11.6 Å². The Balaban J connectivity index is 2.23. The molecule has 2 nitrogen and oxygen atoms in total. The Morgan fingerprint density at radius 1 is 1.25 bits per heavy atom. The van der Waals surface area contributed by atoms with E-state index < -0.39 is 0 Å². The van der Waals surface area contributed by atoms with Gasteiger partial charge in [-0.2, -0.15) is 0 Å². The minimum atomic E-state index is -0.246. The monoisotopic (exact) mass is 217 g/mol. The summed E-state index contributed by atoms with van der Waals surface area (Å²) in [4.78, 5) is 14.2. The maximum absolute atomic E-state index is 12.7. The standard InChI is InChI=1S/C13H12FNO/c1-9(16)13-11(6-7-15-13)8-10-2-4-12(14)5-3-10/h2-7,15H,8H2,1H3. The van der Waals surface area contributed by atoms with Gasteiger partial charge in [-0.25, -0.2) is 4.39 Å². The number of hydrogen-bond acceptors (Lipinski definition) is 1. The van der Waals surface area contributed by atoms with Gasteiger partial charge < -0.3 is 4.98 Å². The first-order valence-electron chi connectivity index (χ1n) is 5.08. The van der Waals surface area contributed by atoms with Crippen molar-refractivity contribution in [3.63, 3.8) is 0 Å². The zero-order chi connectivity index (χ0) is 11.5. The van der Waals surface area contributed by atoms with Gasteiger partial charge in [0, 0.05) is 13.1 Å². The van der Waals surface area contributed by atoms with Crippen LogP contribution in [0.4, 0.5) is 4.39 Å². The Morgan fingerprint density at radius 2 is 1.94 bits per heavy atom. The summed E-state index contributed by atoms with van der Waals surface area (Å²) in [7, 11) is 0. The van der Waals surface area contributed by atoms with Crippen LogP contribution >= 0.6 is 0 Å². The van der Waals surface area contributed by atoms with Gasteiger partial charge in [0.1, 0.15) is 5.82 Å². The van der Waals surface area contributed by atoms with E-state index in [9.17, 15) is 9.18 Å². The highest BCUT2D eigenvalue weighted by atomic mass is 19.1. The second-order valence-electron chi connectivity index (χ2n) is 3.74. The van der Waals surface area contributed by atoms with E-state index in [1.54, 1.807) is 18.3 Å². The number of aromatic nitrogens is 1. The molecule has 0 spiro atoms. The molecule has 1 heterocycles. The molecule has 0 aliphatic heterocycles. The molecule has 0 atom stereocenters. The molecule has 0 radical (unpaired) electrons. The lowest BCUT2D eigenvalue weighted by molar-refractivity contribution is 0.101. The molecule has 0 aliphatic carbocycles. The Kier molecular flexibility index (Phi) is 2.86. The van der Waals surface area contributed by atoms with Gasteiger partial charge in [0.15, 0.2) is 5.78 Å². The van der Waals surface area contributed by atoms with Gasteiger partial charge in [-0.15, -0.1) is 0 Å². The maximum Gasteiger partial charge on any atom is 0.176 e. The van der Waals surface area contributed by atoms with E-state index in [1.165, 1.54) is 19.1 Å². The first kappa shape index (κ1) is 10.6. The van der Waals surface area contributed by atoms with Crippen LogP contribution in [0, 0.1) is 5.82 Å². The Bertz CT molecular complexity index is 499. The molecular weight excluding hydrogens is 205 g/mol. The van der Waals surface area contributed by atoms with Crippen molar-refractivity contribution in [1.29, 1.82) is 0 Å². The molecule has 3 heteroatoms. The number of aromatic amines is 1. The average Bonchev–Trinajstić information content (AvgIpc) is 2.69. The highest BCUT2D eigenvalue weighted by Crippen LogP contribution is 2.14. The van der Waals surface area contributed by atoms with Gasteiger partial charge in [0.25, 0.3) is 0 Å². The zero-order valence-electron chi connectivity index (χ0n) is 8.96. The molecule has 0 saturated carbocycles. The third-order valence-corrected chi connectivity index (χ3v) is 2.49. The van der Waals surface area contributed by atoms with Crippen molar-refractivity contribution in [1.82, 2.24) is 4.98 Å². The Hall–Kier alpha value is -1.90. The lowest BCUT2D eigenvalue weighted by Crippen LogP contribution is -1.98. The fourth-order valence-electron chi connectivity index (χ4n) is 1.70.